The van der Waals surface area contributed by atoms with Crippen LogP contribution in [0.5, 0.6) is 0 Å². The van der Waals surface area contributed by atoms with Crippen molar-refractivity contribution in [3.8, 4) is 0 Å². The summed E-state index contributed by atoms with van der Waals surface area (Å²) in [4.78, 5) is 25.0. The minimum Gasteiger partial charge on any atom is -0.480 e. The van der Waals surface area contributed by atoms with Crippen molar-refractivity contribution >= 4 is 12.0 Å². The van der Waals surface area contributed by atoms with E-state index in [-0.39, 0.29) is 11.6 Å². The summed E-state index contributed by atoms with van der Waals surface area (Å²) in [5, 5.41) is 12.2. The first-order valence-corrected chi connectivity index (χ1v) is 6.21. The van der Waals surface area contributed by atoms with Gasteiger partial charge >= 0.3 is 12.0 Å². The Bertz CT molecular complexity index is 352. The Morgan fingerprint density at radius 1 is 1.18 bits per heavy atom. The molecule has 0 bridgehead atoms. The molecule has 2 amide bonds. The lowest BCUT2D eigenvalue weighted by molar-refractivity contribution is -0.150. The van der Waals surface area contributed by atoms with E-state index < -0.39 is 11.5 Å². The smallest absolute Gasteiger partial charge is 0.329 e. The van der Waals surface area contributed by atoms with E-state index in [1.165, 1.54) is 4.90 Å². The predicted octanol–water partition coefficient (Wildman–Crippen LogP) is 1.58. The number of rotatable bonds is 2. The number of likely N-dealkylation sites (tertiary alicyclic amines) is 1. The molecule has 1 saturated heterocycles. The van der Waals surface area contributed by atoms with Gasteiger partial charge in [-0.1, -0.05) is 0 Å². The van der Waals surface area contributed by atoms with Crippen LogP contribution < -0.4 is 5.32 Å². The van der Waals surface area contributed by atoms with Gasteiger partial charge < -0.3 is 15.3 Å². The van der Waals surface area contributed by atoms with E-state index in [1.54, 1.807) is 6.92 Å². The Morgan fingerprint density at radius 3 is 2.35 bits per heavy atom. The number of piperidine rings is 1. The Kier molecular flexibility index (Phi) is 2.79. The van der Waals surface area contributed by atoms with Gasteiger partial charge in [0.1, 0.15) is 5.54 Å². The maximum Gasteiger partial charge on any atom is 0.329 e. The number of carbonyl (C=O) groups is 2. The molecule has 0 aromatic heterocycles. The van der Waals surface area contributed by atoms with E-state index in [0.29, 0.717) is 13.0 Å². The molecule has 0 spiro atoms. The van der Waals surface area contributed by atoms with E-state index >= 15 is 0 Å². The van der Waals surface area contributed by atoms with Crippen molar-refractivity contribution in [1.82, 2.24) is 10.2 Å². The topological polar surface area (TPSA) is 69.6 Å². The molecule has 96 valence electrons. The molecule has 1 atom stereocenters. The summed E-state index contributed by atoms with van der Waals surface area (Å²) in [6.45, 7) is 4.17. The van der Waals surface area contributed by atoms with Gasteiger partial charge in [-0.3, -0.25) is 0 Å². The number of carbonyl (C=O) groups excluding carboxylic acids is 1. The highest BCUT2D eigenvalue weighted by Gasteiger charge is 2.47. The molecule has 2 N–H and O–H groups in total. The van der Waals surface area contributed by atoms with Crippen molar-refractivity contribution in [2.45, 2.75) is 57.0 Å². The molecule has 1 unspecified atom stereocenters. The first-order valence-electron chi connectivity index (χ1n) is 6.21. The molecule has 1 aliphatic heterocycles. The Morgan fingerprint density at radius 2 is 1.82 bits per heavy atom. The molecule has 17 heavy (non-hydrogen) atoms. The molecule has 2 rings (SSSR count). The first kappa shape index (κ1) is 12.2. The maximum atomic E-state index is 12.1. The van der Waals surface area contributed by atoms with Crippen molar-refractivity contribution in [3.63, 3.8) is 0 Å². The molecule has 5 nitrogen and oxygen atoms in total. The highest BCUT2D eigenvalue weighted by Crippen LogP contribution is 2.35. The fourth-order valence-corrected chi connectivity index (χ4v) is 2.31. The summed E-state index contributed by atoms with van der Waals surface area (Å²) in [7, 11) is 0. The molecular weight excluding hydrogens is 220 g/mol. The third-order valence-electron chi connectivity index (χ3n) is 4.01. The van der Waals surface area contributed by atoms with Gasteiger partial charge in [0.25, 0.3) is 0 Å². The summed E-state index contributed by atoms with van der Waals surface area (Å²) < 4.78 is 0. The summed E-state index contributed by atoms with van der Waals surface area (Å²) in [5.74, 6) is -0.909. The van der Waals surface area contributed by atoms with Crippen molar-refractivity contribution in [2.24, 2.45) is 0 Å². The van der Waals surface area contributed by atoms with Crippen molar-refractivity contribution in [2.75, 3.05) is 6.54 Å². The largest absolute Gasteiger partial charge is 0.480 e. The molecule has 1 aliphatic carbocycles. The Labute approximate surface area is 101 Å². The lowest BCUT2D eigenvalue weighted by atomic mass is 9.89. The van der Waals surface area contributed by atoms with Gasteiger partial charge in [-0.2, -0.15) is 0 Å². The van der Waals surface area contributed by atoms with Crippen LogP contribution in [0.3, 0.4) is 0 Å². The molecule has 2 fully saturated rings. The van der Waals surface area contributed by atoms with Crippen LogP contribution in [0.4, 0.5) is 4.79 Å². The molecule has 0 aromatic carbocycles. The van der Waals surface area contributed by atoms with Gasteiger partial charge in [0, 0.05) is 12.1 Å². The van der Waals surface area contributed by atoms with E-state index in [1.807, 2.05) is 6.92 Å². The molecule has 0 radical (unpaired) electrons. The fraction of sp³-hybridized carbons (Fsp3) is 0.833. The number of hydrogen-bond acceptors (Lipinski definition) is 2. The molecule has 2 aliphatic rings. The number of urea groups is 1. The lowest BCUT2D eigenvalue weighted by Gasteiger charge is -2.42. The second-order valence-electron chi connectivity index (χ2n) is 5.68. The van der Waals surface area contributed by atoms with Crippen LogP contribution >= 0.6 is 0 Å². The van der Waals surface area contributed by atoms with Crippen LogP contribution in [-0.2, 0) is 4.79 Å². The van der Waals surface area contributed by atoms with Crippen LogP contribution in [0.2, 0.25) is 0 Å². The lowest BCUT2D eigenvalue weighted by Crippen LogP contribution is -2.61. The molecule has 0 aromatic rings. The highest BCUT2D eigenvalue weighted by molar-refractivity contribution is 5.86. The zero-order valence-electron chi connectivity index (χ0n) is 10.5. The quantitative estimate of drug-likeness (QED) is 0.770. The van der Waals surface area contributed by atoms with Crippen molar-refractivity contribution in [3.05, 3.63) is 0 Å². The second-order valence-corrected chi connectivity index (χ2v) is 5.68. The van der Waals surface area contributed by atoms with Crippen LogP contribution in [0.1, 0.15) is 46.0 Å². The third kappa shape index (κ3) is 2.23. The van der Waals surface area contributed by atoms with Gasteiger partial charge in [0.15, 0.2) is 0 Å². The van der Waals surface area contributed by atoms with E-state index in [9.17, 15) is 14.7 Å². The summed E-state index contributed by atoms with van der Waals surface area (Å²) in [5.41, 5.74) is -1.15. The predicted molar refractivity (Wildman–Crippen MR) is 62.8 cm³/mol. The normalized spacial score (nSPS) is 30.8. The number of nitrogens with one attached hydrogen (secondary N) is 1. The van der Waals surface area contributed by atoms with Crippen LogP contribution in [0.25, 0.3) is 0 Å². The van der Waals surface area contributed by atoms with Crippen LogP contribution in [0, 0.1) is 0 Å². The number of nitrogens with zero attached hydrogens (tertiary/aromatic N) is 1. The first-order chi connectivity index (χ1) is 7.87. The third-order valence-corrected chi connectivity index (χ3v) is 4.01. The van der Waals surface area contributed by atoms with Gasteiger partial charge in [0.2, 0.25) is 0 Å². The molecule has 1 saturated carbocycles. The van der Waals surface area contributed by atoms with E-state index in [4.69, 9.17) is 0 Å². The van der Waals surface area contributed by atoms with Gasteiger partial charge in [-0.25, -0.2) is 9.59 Å². The van der Waals surface area contributed by atoms with Gasteiger partial charge in [-0.15, -0.1) is 0 Å². The number of aliphatic carboxylic acids is 1. The van der Waals surface area contributed by atoms with E-state index in [2.05, 4.69) is 5.32 Å². The zero-order valence-corrected chi connectivity index (χ0v) is 10.5. The Balaban J connectivity index is 2.10. The van der Waals surface area contributed by atoms with Gasteiger partial charge in [-0.05, 0) is 46.0 Å². The number of hydrogen-bond donors (Lipinski definition) is 2. The maximum absolute atomic E-state index is 12.1. The number of carboxylic acids is 1. The monoisotopic (exact) mass is 240 g/mol. The average Bonchev–Trinajstić information content (AvgIpc) is 2.96. The number of carboxylic acid groups (broad SMARTS) is 1. The zero-order chi connectivity index (χ0) is 12.7. The molecule has 1 heterocycles. The SMILES string of the molecule is CC1(NC(=O)N2CCCCC2(C)C(=O)O)CC1. The molecule has 5 heteroatoms. The van der Waals surface area contributed by atoms with Crippen LogP contribution in [0.15, 0.2) is 0 Å². The average molecular weight is 240 g/mol. The van der Waals surface area contributed by atoms with Crippen molar-refractivity contribution in [1.29, 1.82) is 0 Å². The number of amides is 2. The summed E-state index contributed by atoms with van der Waals surface area (Å²) in [6, 6.07) is -0.227. The minimum atomic E-state index is -1.05. The summed E-state index contributed by atoms with van der Waals surface area (Å²) in [6.07, 6.45) is 4.25. The highest BCUT2D eigenvalue weighted by atomic mass is 16.4. The fourth-order valence-electron chi connectivity index (χ4n) is 2.31. The minimum absolute atomic E-state index is 0.103. The van der Waals surface area contributed by atoms with Gasteiger partial charge in [0.05, 0.1) is 0 Å². The van der Waals surface area contributed by atoms with Crippen molar-refractivity contribution < 1.29 is 14.7 Å². The van der Waals surface area contributed by atoms with E-state index in [0.717, 1.165) is 25.7 Å². The Hall–Kier alpha value is -1.26. The second kappa shape index (κ2) is 3.89. The molecular formula is C12H20N2O3. The standard InChI is InChI=1S/C12H20N2O3/c1-11(6-7-11)13-10(17)14-8-4-3-5-12(14,2)9(15)16/h3-8H2,1-2H3,(H,13,17)(H,15,16). The summed E-state index contributed by atoms with van der Waals surface area (Å²) >= 11 is 0. The van der Waals surface area contributed by atoms with Crippen LogP contribution in [-0.4, -0.2) is 39.6 Å².